The summed E-state index contributed by atoms with van der Waals surface area (Å²) in [4.78, 5) is 4.88. The highest BCUT2D eigenvalue weighted by Crippen LogP contribution is 2.29. The number of fused-ring (bicyclic) bond motifs is 1. The summed E-state index contributed by atoms with van der Waals surface area (Å²) in [6.45, 7) is 5.32. The predicted octanol–water partition coefficient (Wildman–Crippen LogP) is 2.38. The van der Waals surface area contributed by atoms with Gasteiger partial charge in [0.1, 0.15) is 5.82 Å². The lowest BCUT2D eigenvalue weighted by atomic mass is 9.96. The first-order chi connectivity index (χ1) is 9.67. The SMILES string of the molecule is CC1CN2CCCCC2CN1c1cc(F)cc(CO)c1. The Balaban J connectivity index is 1.83. The van der Waals surface area contributed by atoms with Gasteiger partial charge in [-0.15, -0.1) is 0 Å². The smallest absolute Gasteiger partial charge is 0.125 e. The minimum absolute atomic E-state index is 0.109. The number of hydrogen-bond donors (Lipinski definition) is 1. The van der Waals surface area contributed by atoms with Crippen molar-refractivity contribution in [3.05, 3.63) is 29.6 Å². The molecule has 20 heavy (non-hydrogen) atoms. The summed E-state index contributed by atoms with van der Waals surface area (Å²) >= 11 is 0. The molecule has 0 radical (unpaired) electrons. The molecule has 2 atom stereocenters. The van der Waals surface area contributed by atoms with E-state index < -0.39 is 0 Å². The lowest BCUT2D eigenvalue weighted by molar-refractivity contribution is 0.115. The topological polar surface area (TPSA) is 26.7 Å². The van der Waals surface area contributed by atoms with Gasteiger partial charge in [-0.2, -0.15) is 0 Å². The summed E-state index contributed by atoms with van der Waals surface area (Å²) in [5.41, 5.74) is 1.56. The van der Waals surface area contributed by atoms with Gasteiger partial charge in [-0.25, -0.2) is 4.39 Å². The summed E-state index contributed by atoms with van der Waals surface area (Å²) < 4.78 is 13.7. The zero-order valence-corrected chi connectivity index (χ0v) is 12.1. The van der Waals surface area contributed by atoms with Crippen LogP contribution >= 0.6 is 0 Å². The van der Waals surface area contributed by atoms with Crippen molar-refractivity contribution < 1.29 is 9.50 Å². The van der Waals surface area contributed by atoms with Crippen LogP contribution in [-0.2, 0) is 6.61 Å². The average Bonchev–Trinajstić information content (AvgIpc) is 2.45. The number of benzene rings is 1. The van der Waals surface area contributed by atoms with Crippen molar-refractivity contribution in [2.75, 3.05) is 24.5 Å². The quantitative estimate of drug-likeness (QED) is 0.900. The molecule has 2 fully saturated rings. The van der Waals surface area contributed by atoms with Crippen LogP contribution in [0.25, 0.3) is 0 Å². The Bertz CT molecular complexity index is 480. The molecule has 3 rings (SSSR count). The molecule has 1 aromatic carbocycles. The van der Waals surface area contributed by atoms with Gasteiger partial charge in [0.15, 0.2) is 0 Å². The second-order valence-corrected chi connectivity index (χ2v) is 6.12. The Labute approximate surface area is 120 Å². The summed E-state index contributed by atoms with van der Waals surface area (Å²) in [5, 5.41) is 9.24. The van der Waals surface area contributed by atoms with Crippen LogP contribution < -0.4 is 4.90 Å². The monoisotopic (exact) mass is 278 g/mol. The predicted molar refractivity (Wildman–Crippen MR) is 78.3 cm³/mol. The van der Waals surface area contributed by atoms with E-state index in [0.717, 1.165) is 18.8 Å². The number of anilines is 1. The highest BCUT2D eigenvalue weighted by Gasteiger charge is 2.33. The maximum Gasteiger partial charge on any atom is 0.125 e. The fourth-order valence-electron chi connectivity index (χ4n) is 3.60. The van der Waals surface area contributed by atoms with Crippen LogP contribution in [0.4, 0.5) is 10.1 Å². The molecular formula is C16H23FN2O. The second kappa shape index (κ2) is 5.70. The maximum atomic E-state index is 13.7. The average molecular weight is 278 g/mol. The summed E-state index contributed by atoms with van der Waals surface area (Å²) in [7, 11) is 0. The molecule has 1 N–H and O–H groups in total. The van der Waals surface area contributed by atoms with Gasteiger partial charge >= 0.3 is 0 Å². The van der Waals surface area contributed by atoms with E-state index >= 15 is 0 Å². The molecule has 0 spiro atoms. The van der Waals surface area contributed by atoms with Crippen molar-refractivity contribution >= 4 is 5.69 Å². The van der Waals surface area contributed by atoms with E-state index in [1.807, 2.05) is 6.07 Å². The third-order valence-electron chi connectivity index (χ3n) is 4.64. The van der Waals surface area contributed by atoms with Gasteiger partial charge in [0, 0.05) is 30.9 Å². The van der Waals surface area contributed by atoms with E-state index in [1.165, 1.54) is 31.9 Å². The molecule has 0 aliphatic carbocycles. The number of rotatable bonds is 2. The number of nitrogens with zero attached hydrogens (tertiary/aromatic N) is 2. The van der Waals surface area contributed by atoms with Crippen molar-refractivity contribution in [3.8, 4) is 0 Å². The molecule has 110 valence electrons. The molecule has 0 saturated carbocycles. The standard InChI is InChI=1S/C16H23FN2O/c1-12-9-18-5-3-2-4-15(18)10-19(12)16-7-13(11-20)6-14(17)8-16/h6-8,12,15,20H,2-5,9-11H2,1H3. The highest BCUT2D eigenvalue weighted by atomic mass is 19.1. The molecule has 1 aromatic rings. The molecule has 0 bridgehead atoms. The minimum atomic E-state index is -0.259. The van der Waals surface area contributed by atoms with E-state index in [0.29, 0.717) is 17.6 Å². The summed E-state index contributed by atoms with van der Waals surface area (Å²) in [6, 6.07) is 5.90. The van der Waals surface area contributed by atoms with E-state index in [1.54, 1.807) is 6.07 Å². The molecule has 2 heterocycles. The zero-order chi connectivity index (χ0) is 14.1. The molecule has 2 aliphatic rings. The van der Waals surface area contributed by atoms with Gasteiger partial charge in [-0.3, -0.25) is 4.90 Å². The van der Waals surface area contributed by atoms with Crippen LogP contribution in [-0.4, -0.2) is 41.7 Å². The Morgan fingerprint density at radius 1 is 1.25 bits per heavy atom. The molecule has 0 aromatic heterocycles. The van der Waals surface area contributed by atoms with Crippen LogP contribution in [0.3, 0.4) is 0 Å². The lowest BCUT2D eigenvalue weighted by Crippen LogP contribution is -2.58. The van der Waals surface area contributed by atoms with Crippen LogP contribution in [0, 0.1) is 5.82 Å². The number of piperazine rings is 1. The number of aliphatic hydroxyl groups excluding tert-OH is 1. The van der Waals surface area contributed by atoms with Crippen LogP contribution in [0.15, 0.2) is 18.2 Å². The molecule has 2 unspecified atom stereocenters. The number of hydrogen-bond acceptors (Lipinski definition) is 3. The normalized spacial score (nSPS) is 27.4. The second-order valence-electron chi connectivity index (χ2n) is 6.12. The highest BCUT2D eigenvalue weighted by molar-refractivity contribution is 5.50. The fraction of sp³-hybridized carbons (Fsp3) is 0.625. The third kappa shape index (κ3) is 2.67. The van der Waals surface area contributed by atoms with Gasteiger partial charge in [-0.1, -0.05) is 6.42 Å². The zero-order valence-electron chi connectivity index (χ0n) is 12.1. The number of piperidine rings is 1. The van der Waals surface area contributed by atoms with Crippen LogP contribution in [0.5, 0.6) is 0 Å². The van der Waals surface area contributed by atoms with Gasteiger partial charge < -0.3 is 10.0 Å². The third-order valence-corrected chi connectivity index (χ3v) is 4.64. The van der Waals surface area contributed by atoms with Gasteiger partial charge in [0.05, 0.1) is 6.61 Å². The van der Waals surface area contributed by atoms with Crippen LogP contribution in [0.2, 0.25) is 0 Å². The first-order valence-corrected chi connectivity index (χ1v) is 7.58. The van der Waals surface area contributed by atoms with Crippen molar-refractivity contribution in [1.29, 1.82) is 0 Å². The number of halogens is 1. The Hall–Kier alpha value is -1.13. The molecule has 3 nitrogen and oxygen atoms in total. The Kier molecular flexibility index (Phi) is 3.94. The lowest BCUT2D eigenvalue weighted by Gasteiger charge is -2.48. The van der Waals surface area contributed by atoms with Crippen molar-refractivity contribution in [2.24, 2.45) is 0 Å². The van der Waals surface area contributed by atoms with Crippen molar-refractivity contribution in [1.82, 2.24) is 4.90 Å². The summed E-state index contributed by atoms with van der Waals surface area (Å²) in [6.07, 6.45) is 3.84. The Morgan fingerprint density at radius 3 is 2.90 bits per heavy atom. The molecular weight excluding hydrogens is 255 g/mol. The number of aliphatic hydroxyl groups is 1. The molecule has 2 aliphatic heterocycles. The Morgan fingerprint density at radius 2 is 2.10 bits per heavy atom. The van der Waals surface area contributed by atoms with E-state index in [9.17, 15) is 9.50 Å². The van der Waals surface area contributed by atoms with E-state index in [2.05, 4.69) is 16.7 Å². The summed E-state index contributed by atoms with van der Waals surface area (Å²) in [5.74, 6) is -0.259. The van der Waals surface area contributed by atoms with Gasteiger partial charge in [0.25, 0.3) is 0 Å². The largest absolute Gasteiger partial charge is 0.392 e. The van der Waals surface area contributed by atoms with Crippen molar-refractivity contribution in [3.63, 3.8) is 0 Å². The first-order valence-electron chi connectivity index (χ1n) is 7.58. The first kappa shape index (κ1) is 13.8. The van der Waals surface area contributed by atoms with E-state index in [-0.39, 0.29) is 12.4 Å². The fourth-order valence-corrected chi connectivity index (χ4v) is 3.60. The minimum Gasteiger partial charge on any atom is -0.392 e. The van der Waals surface area contributed by atoms with Crippen LogP contribution in [0.1, 0.15) is 31.7 Å². The molecule has 4 heteroatoms. The van der Waals surface area contributed by atoms with Gasteiger partial charge in [0.2, 0.25) is 0 Å². The van der Waals surface area contributed by atoms with Gasteiger partial charge in [-0.05, 0) is 50.1 Å². The molecule has 0 amide bonds. The van der Waals surface area contributed by atoms with Crippen molar-refractivity contribution in [2.45, 2.75) is 44.9 Å². The maximum absolute atomic E-state index is 13.7. The van der Waals surface area contributed by atoms with E-state index in [4.69, 9.17) is 0 Å². The molecule has 2 saturated heterocycles.